The molecule has 0 saturated carbocycles. The van der Waals surface area contributed by atoms with Crippen LogP contribution in [0.25, 0.3) is 0 Å². The molecule has 1 aromatic rings. The van der Waals surface area contributed by atoms with Crippen LogP contribution in [0.5, 0.6) is 5.75 Å². The van der Waals surface area contributed by atoms with Gasteiger partial charge in [-0.1, -0.05) is 0 Å². The third-order valence-corrected chi connectivity index (χ3v) is 2.70. The number of ether oxygens (including phenoxy) is 1. The van der Waals surface area contributed by atoms with Crippen molar-refractivity contribution in [3.8, 4) is 5.75 Å². The fourth-order valence-electron chi connectivity index (χ4n) is 1.86. The molecule has 0 heterocycles. The molecule has 0 spiro atoms. The average molecular weight is 283 g/mol. The van der Waals surface area contributed by atoms with Crippen molar-refractivity contribution in [3.63, 3.8) is 0 Å². The lowest BCUT2D eigenvalue weighted by atomic mass is 10.2. The number of benzene rings is 1. The number of carbonyl (C=O) groups is 1. The number of rotatable bonds is 6. The number of anilines is 2. The molecule has 0 unspecified atom stereocenters. The van der Waals surface area contributed by atoms with Crippen molar-refractivity contribution in [3.05, 3.63) is 17.9 Å². The van der Waals surface area contributed by atoms with Crippen LogP contribution in [-0.2, 0) is 4.79 Å². The van der Waals surface area contributed by atoms with Gasteiger partial charge in [0.2, 0.25) is 5.91 Å². The maximum atomic E-state index is 13.8. The van der Waals surface area contributed by atoms with Crippen LogP contribution in [0.1, 0.15) is 27.7 Å². The molecule has 0 fully saturated rings. The van der Waals surface area contributed by atoms with Gasteiger partial charge < -0.3 is 21.1 Å². The number of hydrogen-bond acceptors (Lipinski definition) is 4. The van der Waals surface area contributed by atoms with Gasteiger partial charge >= 0.3 is 0 Å². The molecule has 0 radical (unpaired) electrons. The molecule has 0 atom stereocenters. The Hall–Kier alpha value is -1.98. The lowest BCUT2D eigenvalue weighted by molar-refractivity contribution is -0.116. The molecule has 1 rings (SSSR count). The van der Waals surface area contributed by atoms with Gasteiger partial charge in [-0.25, -0.2) is 4.39 Å². The Bertz CT molecular complexity index is 490. The Morgan fingerprint density at radius 2 is 1.95 bits per heavy atom. The summed E-state index contributed by atoms with van der Waals surface area (Å²) in [4.78, 5) is 12.9. The third-order valence-electron chi connectivity index (χ3n) is 2.70. The first-order valence-corrected chi connectivity index (χ1v) is 6.53. The van der Waals surface area contributed by atoms with E-state index in [1.807, 2.05) is 13.8 Å². The molecular weight excluding hydrogens is 261 g/mol. The summed E-state index contributed by atoms with van der Waals surface area (Å²) in [6.45, 7) is 7.41. The van der Waals surface area contributed by atoms with Crippen molar-refractivity contribution in [1.29, 1.82) is 0 Å². The zero-order chi connectivity index (χ0) is 15.4. The van der Waals surface area contributed by atoms with Crippen LogP contribution in [0, 0.1) is 5.82 Å². The highest BCUT2D eigenvalue weighted by atomic mass is 19.1. The summed E-state index contributed by atoms with van der Waals surface area (Å²) >= 11 is 0. The van der Waals surface area contributed by atoms with E-state index < -0.39 is 11.7 Å². The number of primary amides is 1. The van der Waals surface area contributed by atoms with E-state index in [0.717, 1.165) is 0 Å². The predicted molar refractivity (Wildman–Crippen MR) is 78.3 cm³/mol. The van der Waals surface area contributed by atoms with Gasteiger partial charge in [0.15, 0.2) is 11.6 Å². The number of hydrogen-bond donors (Lipinski definition) is 2. The molecule has 5 nitrogen and oxygen atoms in total. The molecule has 20 heavy (non-hydrogen) atoms. The van der Waals surface area contributed by atoms with E-state index >= 15 is 0 Å². The smallest absolute Gasteiger partial charge is 0.236 e. The summed E-state index contributed by atoms with van der Waals surface area (Å²) in [5.74, 6) is -0.893. The number of nitrogens with two attached hydrogens (primary N) is 2. The molecular formula is C14H22FN3O2. The number of amides is 1. The number of nitrogens with zero attached hydrogens (tertiary/aromatic N) is 1. The zero-order valence-corrected chi connectivity index (χ0v) is 12.3. The first-order chi connectivity index (χ1) is 9.22. The lowest BCUT2D eigenvalue weighted by Crippen LogP contribution is -2.39. The fraction of sp³-hybridized carbons (Fsp3) is 0.500. The van der Waals surface area contributed by atoms with Crippen LogP contribution in [0.2, 0.25) is 0 Å². The van der Waals surface area contributed by atoms with Crippen molar-refractivity contribution in [2.75, 3.05) is 17.2 Å². The quantitative estimate of drug-likeness (QED) is 0.781. The van der Waals surface area contributed by atoms with E-state index in [0.29, 0.717) is 5.69 Å². The second-order valence-electron chi connectivity index (χ2n) is 5.20. The van der Waals surface area contributed by atoms with Crippen LogP contribution in [0.4, 0.5) is 15.8 Å². The minimum atomic E-state index is -0.525. The molecule has 0 aromatic heterocycles. The molecule has 1 amide bonds. The monoisotopic (exact) mass is 283 g/mol. The summed E-state index contributed by atoms with van der Waals surface area (Å²) in [6, 6.07) is 2.69. The highest BCUT2D eigenvalue weighted by Crippen LogP contribution is 2.32. The van der Waals surface area contributed by atoms with Gasteiger partial charge in [0.1, 0.15) is 0 Å². The number of carbonyl (C=O) groups excluding carboxylic acids is 1. The van der Waals surface area contributed by atoms with Crippen molar-refractivity contribution in [2.45, 2.75) is 39.8 Å². The molecule has 1 aromatic carbocycles. The number of halogens is 1. The Balaban J connectivity index is 3.23. The Kier molecular flexibility index (Phi) is 5.19. The van der Waals surface area contributed by atoms with E-state index in [1.165, 1.54) is 12.1 Å². The van der Waals surface area contributed by atoms with E-state index in [-0.39, 0.29) is 30.1 Å². The minimum Gasteiger partial charge on any atom is -0.488 e. The molecule has 4 N–H and O–H groups in total. The largest absolute Gasteiger partial charge is 0.488 e. The molecule has 0 saturated heterocycles. The normalized spacial score (nSPS) is 10.9. The Morgan fingerprint density at radius 1 is 1.35 bits per heavy atom. The van der Waals surface area contributed by atoms with Crippen LogP contribution < -0.4 is 21.1 Å². The van der Waals surface area contributed by atoms with Crippen molar-refractivity contribution in [1.82, 2.24) is 0 Å². The van der Waals surface area contributed by atoms with E-state index in [2.05, 4.69) is 0 Å². The topological polar surface area (TPSA) is 81.6 Å². The van der Waals surface area contributed by atoms with Crippen LogP contribution in [0.15, 0.2) is 12.1 Å². The van der Waals surface area contributed by atoms with Crippen molar-refractivity contribution in [2.24, 2.45) is 5.73 Å². The second kappa shape index (κ2) is 6.45. The Labute approximate surface area is 118 Å². The molecule has 0 aliphatic carbocycles. The van der Waals surface area contributed by atoms with E-state index in [9.17, 15) is 9.18 Å². The maximum absolute atomic E-state index is 13.8. The van der Waals surface area contributed by atoms with Gasteiger partial charge in [-0.05, 0) is 27.7 Å². The molecule has 0 aliphatic rings. The second-order valence-corrected chi connectivity index (χ2v) is 5.20. The molecule has 112 valence electrons. The summed E-state index contributed by atoms with van der Waals surface area (Å²) in [7, 11) is 0. The molecule has 0 bridgehead atoms. The first-order valence-electron chi connectivity index (χ1n) is 6.53. The van der Waals surface area contributed by atoms with Crippen molar-refractivity contribution >= 4 is 17.3 Å². The van der Waals surface area contributed by atoms with Crippen LogP contribution >= 0.6 is 0 Å². The average Bonchev–Trinajstić information content (AvgIpc) is 2.29. The Morgan fingerprint density at radius 3 is 2.40 bits per heavy atom. The maximum Gasteiger partial charge on any atom is 0.236 e. The molecule has 0 aliphatic heterocycles. The summed E-state index contributed by atoms with van der Waals surface area (Å²) in [5, 5.41) is 0. The van der Waals surface area contributed by atoms with Gasteiger partial charge in [-0.15, -0.1) is 0 Å². The fourth-order valence-corrected chi connectivity index (χ4v) is 1.86. The van der Waals surface area contributed by atoms with Crippen LogP contribution in [0.3, 0.4) is 0 Å². The lowest BCUT2D eigenvalue weighted by Gasteiger charge is -2.29. The highest BCUT2D eigenvalue weighted by molar-refractivity contribution is 5.82. The van der Waals surface area contributed by atoms with Gasteiger partial charge in [0.25, 0.3) is 0 Å². The number of nitrogen functional groups attached to an aromatic ring is 1. The predicted octanol–water partition coefficient (Wildman–Crippen LogP) is 1.90. The zero-order valence-electron chi connectivity index (χ0n) is 12.3. The standard InChI is InChI=1S/C14H22FN3O2/c1-8(2)18(7-14(17)19)12-6-13(20-9(3)4)10(15)5-11(12)16/h5-6,8-9H,7,16H2,1-4H3,(H2,17,19). The van der Waals surface area contributed by atoms with Gasteiger partial charge in [-0.2, -0.15) is 0 Å². The van der Waals surface area contributed by atoms with Gasteiger partial charge in [0.05, 0.1) is 24.0 Å². The first kappa shape index (κ1) is 16.1. The van der Waals surface area contributed by atoms with Crippen molar-refractivity contribution < 1.29 is 13.9 Å². The summed E-state index contributed by atoms with van der Waals surface area (Å²) in [5.41, 5.74) is 11.9. The molecule has 6 heteroatoms. The highest BCUT2D eigenvalue weighted by Gasteiger charge is 2.19. The van der Waals surface area contributed by atoms with E-state index in [1.54, 1.807) is 18.7 Å². The van der Waals surface area contributed by atoms with E-state index in [4.69, 9.17) is 16.2 Å². The summed E-state index contributed by atoms with van der Waals surface area (Å²) < 4.78 is 19.2. The third kappa shape index (κ3) is 4.01. The van der Waals surface area contributed by atoms with Gasteiger partial charge in [-0.3, -0.25) is 4.79 Å². The summed E-state index contributed by atoms with van der Waals surface area (Å²) in [6.07, 6.45) is -0.162. The minimum absolute atomic E-state index is 0.00855. The van der Waals surface area contributed by atoms with Gasteiger partial charge in [0, 0.05) is 18.2 Å². The van der Waals surface area contributed by atoms with Crippen LogP contribution in [-0.4, -0.2) is 24.6 Å². The SMILES string of the molecule is CC(C)Oc1cc(N(CC(N)=O)C(C)C)c(N)cc1F.